The fraction of sp³-hybridized carbons (Fsp3) is 0.263. The van der Waals surface area contributed by atoms with E-state index in [9.17, 15) is 14.9 Å². The van der Waals surface area contributed by atoms with Gasteiger partial charge in [-0.15, -0.1) is 11.8 Å². The summed E-state index contributed by atoms with van der Waals surface area (Å²) < 4.78 is 0. The van der Waals surface area contributed by atoms with Gasteiger partial charge < -0.3 is 10.4 Å². The number of hydrogen-bond acceptors (Lipinski definition) is 5. The molecular weight excluding hydrogens is 386 g/mol. The number of carbonyl (C=O) groups excluding carboxylic acids is 1. The molecule has 1 aromatic carbocycles. The Balaban J connectivity index is 1.97. The number of nitrogens with zero attached hydrogens (tertiary/aromatic N) is 2. The number of pyridine rings is 1. The van der Waals surface area contributed by atoms with Crippen LogP contribution in [0, 0.1) is 11.3 Å². The summed E-state index contributed by atoms with van der Waals surface area (Å²) in [6.07, 6.45) is 1.96. The molecule has 0 fully saturated rings. The van der Waals surface area contributed by atoms with Gasteiger partial charge in [0.1, 0.15) is 11.1 Å². The van der Waals surface area contributed by atoms with E-state index >= 15 is 0 Å². The molecule has 1 heterocycles. The molecule has 8 heteroatoms. The molecule has 0 saturated heterocycles. The number of nitriles is 1. The fourth-order valence-electron chi connectivity index (χ4n) is 2.28. The molecule has 0 radical (unpaired) electrons. The first-order chi connectivity index (χ1) is 12.9. The van der Waals surface area contributed by atoms with E-state index < -0.39 is 5.97 Å². The summed E-state index contributed by atoms with van der Waals surface area (Å²) in [7, 11) is 0. The van der Waals surface area contributed by atoms with Crippen molar-refractivity contribution in [1.29, 1.82) is 5.26 Å². The van der Waals surface area contributed by atoms with Crippen LogP contribution in [0.15, 0.2) is 35.4 Å². The number of thioether (sulfide) groups is 1. The summed E-state index contributed by atoms with van der Waals surface area (Å²) in [5.41, 5.74) is 1.70. The van der Waals surface area contributed by atoms with E-state index in [1.54, 1.807) is 6.07 Å². The standard InChI is InChI=1S/C19H18ClN3O3S/c1-2-3-14-6-4-13(11-21)18(22-14)27-9-8-17(24)23-16-10-12(19(25)26)5-7-15(16)20/h4-7,10H,2-3,8-9H2,1H3,(H,23,24)(H,25,26). The lowest BCUT2D eigenvalue weighted by Gasteiger charge is -2.09. The van der Waals surface area contributed by atoms with Gasteiger partial charge in [0.25, 0.3) is 0 Å². The molecule has 2 N–H and O–H groups in total. The third-order valence-electron chi connectivity index (χ3n) is 3.60. The van der Waals surface area contributed by atoms with Crippen molar-refractivity contribution in [1.82, 2.24) is 4.98 Å². The lowest BCUT2D eigenvalue weighted by atomic mass is 10.2. The molecule has 0 spiro atoms. The van der Waals surface area contributed by atoms with E-state index in [-0.39, 0.29) is 28.6 Å². The number of rotatable bonds is 8. The molecule has 0 aliphatic rings. The number of anilines is 1. The van der Waals surface area contributed by atoms with Gasteiger partial charge in [-0.25, -0.2) is 9.78 Å². The molecule has 0 aliphatic carbocycles. The second-order valence-corrected chi connectivity index (χ2v) is 7.15. The smallest absolute Gasteiger partial charge is 0.335 e. The van der Waals surface area contributed by atoms with Crippen molar-refractivity contribution >= 4 is 40.9 Å². The minimum Gasteiger partial charge on any atom is -0.478 e. The number of amides is 1. The topological polar surface area (TPSA) is 103 Å². The van der Waals surface area contributed by atoms with Gasteiger partial charge in [-0.1, -0.05) is 24.9 Å². The normalized spacial score (nSPS) is 10.3. The number of carboxylic acid groups (broad SMARTS) is 1. The van der Waals surface area contributed by atoms with Crippen LogP contribution >= 0.6 is 23.4 Å². The molecule has 2 rings (SSSR count). The van der Waals surface area contributed by atoms with Crippen molar-refractivity contribution in [3.05, 3.63) is 52.2 Å². The average Bonchev–Trinajstić information content (AvgIpc) is 2.64. The fourth-order valence-corrected chi connectivity index (χ4v) is 3.37. The second-order valence-electron chi connectivity index (χ2n) is 5.66. The minimum atomic E-state index is -1.10. The predicted octanol–water partition coefficient (Wildman–Crippen LogP) is 4.38. The Morgan fingerprint density at radius 3 is 2.78 bits per heavy atom. The molecule has 0 bridgehead atoms. The van der Waals surface area contributed by atoms with Crippen LogP contribution in [0.5, 0.6) is 0 Å². The molecule has 1 amide bonds. The Kier molecular flexibility index (Phi) is 7.65. The van der Waals surface area contributed by atoms with Crippen molar-refractivity contribution in [2.45, 2.75) is 31.2 Å². The zero-order valence-electron chi connectivity index (χ0n) is 14.7. The zero-order valence-corrected chi connectivity index (χ0v) is 16.2. The highest BCUT2D eigenvalue weighted by Gasteiger charge is 2.12. The number of aryl methyl sites for hydroxylation is 1. The van der Waals surface area contributed by atoms with Gasteiger partial charge in [-0.3, -0.25) is 4.79 Å². The first-order valence-corrected chi connectivity index (χ1v) is 9.66. The van der Waals surface area contributed by atoms with Gasteiger partial charge in [0.2, 0.25) is 5.91 Å². The maximum Gasteiger partial charge on any atom is 0.335 e. The molecule has 0 aliphatic heterocycles. The van der Waals surface area contributed by atoms with Crippen molar-refractivity contribution in [3.63, 3.8) is 0 Å². The number of carboxylic acids is 1. The van der Waals surface area contributed by atoms with E-state index in [2.05, 4.69) is 23.3 Å². The molecule has 0 atom stereocenters. The van der Waals surface area contributed by atoms with E-state index in [4.69, 9.17) is 16.7 Å². The van der Waals surface area contributed by atoms with Crippen molar-refractivity contribution in [3.8, 4) is 6.07 Å². The first-order valence-electron chi connectivity index (χ1n) is 8.30. The minimum absolute atomic E-state index is 0.0414. The van der Waals surface area contributed by atoms with Gasteiger partial charge in [0, 0.05) is 17.9 Å². The molecule has 0 saturated carbocycles. The molecular formula is C19H18ClN3O3S. The Bertz CT molecular complexity index is 896. The van der Waals surface area contributed by atoms with Gasteiger partial charge in [-0.05, 0) is 36.8 Å². The quantitative estimate of drug-likeness (QED) is 0.634. The van der Waals surface area contributed by atoms with Crippen LogP contribution < -0.4 is 5.32 Å². The van der Waals surface area contributed by atoms with Crippen LogP contribution in [0.25, 0.3) is 0 Å². The van der Waals surface area contributed by atoms with Gasteiger partial charge in [0.15, 0.2) is 0 Å². The Hall–Kier alpha value is -2.56. The van der Waals surface area contributed by atoms with Crippen LogP contribution in [0.4, 0.5) is 5.69 Å². The summed E-state index contributed by atoms with van der Waals surface area (Å²) >= 11 is 7.34. The number of carbonyl (C=O) groups is 2. The third kappa shape index (κ3) is 5.98. The number of nitrogens with one attached hydrogen (secondary N) is 1. The lowest BCUT2D eigenvalue weighted by molar-refractivity contribution is -0.115. The summed E-state index contributed by atoms with van der Waals surface area (Å²) in [5, 5.41) is 21.7. The van der Waals surface area contributed by atoms with E-state index in [0.29, 0.717) is 16.3 Å². The number of halogens is 1. The maximum absolute atomic E-state index is 12.1. The summed E-state index contributed by atoms with van der Waals surface area (Å²) in [6.45, 7) is 2.06. The highest BCUT2D eigenvalue weighted by Crippen LogP contribution is 2.25. The monoisotopic (exact) mass is 403 g/mol. The van der Waals surface area contributed by atoms with Gasteiger partial charge >= 0.3 is 5.97 Å². The average molecular weight is 404 g/mol. The first kappa shape index (κ1) is 20.7. The SMILES string of the molecule is CCCc1ccc(C#N)c(SCCC(=O)Nc2cc(C(=O)O)ccc2Cl)n1. The van der Waals surface area contributed by atoms with E-state index in [1.807, 2.05) is 6.07 Å². The second kappa shape index (κ2) is 9.95. The number of hydrogen-bond donors (Lipinski definition) is 2. The summed E-state index contributed by atoms with van der Waals surface area (Å²) in [4.78, 5) is 27.6. The largest absolute Gasteiger partial charge is 0.478 e. The Morgan fingerprint density at radius 1 is 1.33 bits per heavy atom. The van der Waals surface area contributed by atoms with Crippen LogP contribution in [0.3, 0.4) is 0 Å². The van der Waals surface area contributed by atoms with Crippen LogP contribution in [-0.2, 0) is 11.2 Å². The molecule has 1 aromatic heterocycles. The number of aromatic nitrogens is 1. The van der Waals surface area contributed by atoms with Crippen molar-refractivity contribution in [2.75, 3.05) is 11.1 Å². The highest BCUT2D eigenvalue weighted by molar-refractivity contribution is 7.99. The number of aromatic carboxylic acids is 1. The molecule has 140 valence electrons. The predicted molar refractivity (Wildman–Crippen MR) is 105 cm³/mol. The summed E-state index contributed by atoms with van der Waals surface area (Å²) in [5.74, 6) is -0.964. The lowest BCUT2D eigenvalue weighted by Crippen LogP contribution is -2.13. The summed E-state index contributed by atoms with van der Waals surface area (Å²) in [6, 6.07) is 9.82. The van der Waals surface area contributed by atoms with Crippen LogP contribution in [0.2, 0.25) is 5.02 Å². The van der Waals surface area contributed by atoms with Crippen LogP contribution in [0.1, 0.15) is 41.4 Å². The third-order valence-corrected chi connectivity index (χ3v) is 4.92. The van der Waals surface area contributed by atoms with Gasteiger partial charge in [-0.2, -0.15) is 5.26 Å². The highest BCUT2D eigenvalue weighted by atomic mass is 35.5. The number of benzene rings is 1. The maximum atomic E-state index is 12.1. The van der Waals surface area contributed by atoms with Crippen molar-refractivity contribution in [2.24, 2.45) is 0 Å². The van der Waals surface area contributed by atoms with Gasteiger partial charge in [0.05, 0.1) is 21.8 Å². The van der Waals surface area contributed by atoms with Crippen molar-refractivity contribution < 1.29 is 14.7 Å². The molecule has 6 nitrogen and oxygen atoms in total. The van der Waals surface area contributed by atoms with E-state index in [1.165, 1.54) is 30.0 Å². The Morgan fingerprint density at radius 2 is 2.11 bits per heavy atom. The molecule has 2 aromatic rings. The van der Waals surface area contributed by atoms with E-state index in [0.717, 1.165) is 18.5 Å². The zero-order chi connectivity index (χ0) is 19.8. The molecule has 0 unspecified atom stereocenters. The Labute approximate surface area is 166 Å². The van der Waals surface area contributed by atoms with Crippen LogP contribution in [-0.4, -0.2) is 27.7 Å². The molecule has 27 heavy (non-hydrogen) atoms.